The number of para-hydroxylation sites is 2. The lowest BCUT2D eigenvalue weighted by atomic mass is 9.95. The van der Waals surface area contributed by atoms with E-state index >= 15 is 0 Å². The second kappa shape index (κ2) is 13.6. The van der Waals surface area contributed by atoms with Crippen LogP contribution in [0.4, 0.5) is 17.1 Å². The minimum atomic E-state index is 0.842. The van der Waals surface area contributed by atoms with Crippen LogP contribution in [0.25, 0.3) is 88.4 Å². The summed E-state index contributed by atoms with van der Waals surface area (Å²) in [5.41, 5.74) is 15.9. The zero-order valence-electron chi connectivity index (χ0n) is 31.0. The molecule has 2 aromatic heterocycles. The Balaban J connectivity index is 1.04. The number of anilines is 3. The first-order valence-electron chi connectivity index (χ1n) is 19.3. The molecule has 0 fully saturated rings. The van der Waals surface area contributed by atoms with E-state index in [1.165, 1.54) is 22.3 Å². The van der Waals surface area contributed by atoms with Crippen molar-refractivity contribution in [3.8, 4) is 44.5 Å². The van der Waals surface area contributed by atoms with Crippen molar-refractivity contribution in [3.05, 3.63) is 212 Å². The molecular weight excluding hydrogens is 695 g/mol. The third kappa shape index (κ3) is 5.76. The number of hydrogen-bond donors (Lipinski definition) is 0. The molecule has 0 aliphatic rings. The summed E-state index contributed by atoms with van der Waals surface area (Å²) < 4.78 is 13.0. The summed E-state index contributed by atoms with van der Waals surface area (Å²) in [5.74, 6) is 0. The van der Waals surface area contributed by atoms with E-state index in [0.717, 1.165) is 83.2 Å². The Labute approximate surface area is 330 Å². The molecule has 3 heteroatoms. The van der Waals surface area contributed by atoms with Crippen LogP contribution in [-0.4, -0.2) is 0 Å². The van der Waals surface area contributed by atoms with Gasteiger partial charge in [-0.3, -0.25) is 0 Å². The van der Waals surface area contributed by atoms with Gasteiger partial charge in [-0.05, 0) is 99.1 Å². The maximum Gasteiger partial charge on any atom is 0.160 e. The number of rotatable bonds is 7. The van der Waals surface area contributed by atoms with E-state index in [1.54, 1.807) is 0 Å². The molecule has 0 atom stereocenters. The molecule has 0 unspecified atom stereocenters. The van der Waals surface area contributed by atoms with Crippen molar-refractivity contribution >= 4 is 60.9 Å². The molecule has 3 nitrogen and oxygen atoms in total. The first-order valence-corrected chi connectivity index (χ1v) is 19.3. The normalized spacial score (nSPS) is 11.5. The second-order valence-electron chi connectivity index (χ2n) is 14.5. The van der Waals surface area contributed by atoms with Gasteiger partial charge in [-0.25, -0.2) is 0 Å². The topological polar surface area (TPSA) is 29.5 Å². The predicted molar refractivity (Wildman–Crippen MR) is 237 cm³/mol. The van der Waals surface area contributed by atoms with Gasteiger partial charge in [0, 0.05) is 32.9 Å². The van der Waals surface area contributed by atoms with Gasteiger partial charge in [-0.2, -0.15) is 0 Å². The highest BCUT2D eigenvalue weighted by molar-refractivity contribution is 6.17. The highest BCUT2D eigenvalue weighted by Gasteiger charge is 2.22. The van der Waals surface area contributed by atoms with Gasteiger partial charge in [0.15, 0.2) is 5.58 Å². The molecule has 0 N–H and O–H groups in total. The van der Waals surface area contributed by atoms with Gasteiger partial charge in [-0.15, -0.1) is 0 Å². The van der Waals surface area contributed by atoms with Crippen LogP contribution in [0, 0.1) is 0 Å². The molecule has 57 heavy (non-hydrogen) atoms. The Morgan fingerprint density at radius 3 is 1.39 bits per heavy atom. The molecular formula is C54H35NO2. The number of benzene rings is 9. The minimum absolute atomic E-state index is 0.842. The first-order chi connectivity index (χ1) is 28.2. The molecule has 9 aromatic carbocycles. The maximum absolute atomic E-state index is 6.87. The van der Waals surface area contributed by atoms with Crippen molar-refractivity contribution in [2.75, 3.05) is 4.90 Å². The van der Waals surface area contributed by atoms with Gasteiger partial charge in [0.05, 0.1) is 5.69 Å². The Bertz CT molecular complexity index is 3110. The summed E-state index contributed by atoms with van der Waals surface area (Å²) in [6.45, 7) is 0. The van der Waals surface area contributed by atoms with Gasteiger partial charge in [0.1, 0.15) is 16.7 Å². The van der Waals surface area contributed by atoms with Gasteiger partial charge in [0.25, 0.3) is 0 Å². The second-order valence-corrected chi connectivity index (χ2v) is 14.5. The van der Waals surface area contributed by atoms with Crippen molar-refractivity contribution in [1.29, 1.82) is 0 Å². The number of hydrogen-bond acceptors (Lipinski definition) is 3. The number of fused-ring (bicyclic) bond motifs is 6. The lowest BCUT2D eigenvalue weighted by Crippen LogP contribution is -2.10. The Kier molecular flexibility index (Phi) is 7.82. The van der Waals surface area contributed by atoms with Crippen LogP contribution in [-0.2, 0) is 0 Å². The fraction of sp³-hybridized carbons (Fsp3) is 0. The van der Waals surface area contributed by atoms with E-state index in [0.29, 0.717) is 0 Å². The lowest BCUT2D eigenvalue weighted by Gasteiger charge is -2.26. The molecule has 0 bridgehead atoms. The average molecular weight is 730 g/mol. The van der Waals surface area contributed by atoms with Crippen LogP contribution in [0.3, 0.4) is 0 Å². The van der Waals surface area contributed by atoms with Crippen molar-refractivity contribution in [2.24, 2.45) is 0 Å². The largest absolute Gasteiger partial charge is 0.456 e. The third-order valence-corrected chi connectivity index (χ3v) is 11.1. The number of furan rings is 2. The average Bonchev–Trinajstić information content (AvgIpc) is 3.87. The van der Waals surface area contributed by atoms with Gasteiger partial charge < -0.3 is 13.7 Å². The monoisotopic (exact) mass is 729 g/mol. The van der Waals surface area contributed by atoms with Gasteiger partial charge in [-0.1, -0.05) is 158 Å². The van der Waals surface area contributed by atoms with E-state index in [1.807, 2.05) is 18.2 Å². The highest BCUT2D eigenvalue weighted by Crippen LogP contribution is 2.46. The quantitative estimate of drug-likeness (QED) is 0.164. The van der Waals surface area contributed by atoms with E-state index in [2.05, 4.69) is 199 Å². The molecule has 11 aromatic rings. The summed E-state index contributed by atoms with van der Waals surface area (Å²) in [6, 6.07) is 75.1. The molecule has 11 rings (SSSR count). The van der Waals surface area contributed by atoms with Gasteiger partial charge >= 0.3 is 0 Å². The zero-order chi connectivity index (χ0) is 37.7. The van der Waals surface area contributed by atoms with Crippen molar-refractivity contribution in [1.82, 2.24) is 0 Å². The van der Waals surface area contributed by atoms with Crippen LogP contribution >= 0.6 is 0 Å². The van der Waals surface area contributed by atoms with Crippen molar-refractivity contribution in [3.63, 3.8) is 0 Å². The summed E-state index contributed by atoms with van der Waals surface area (Å²) in [5, 5.41) is 4.44. The molecule has 0 saturated heterocycles. The molecule has 0 radical (unpaired) electrons. The van der Waals surface area contributed by atoms with E-state index < -0.39 is 0 Å². The summed E-state index contributed by atoms with van der Waals surface area (Å²) in [4.78, 5) is 2.32. The highest BCUT2D eigenvalue weighted by atomic mass is 16.3. The van der Waals surface area contributed by atoms with Crippen LogP contribution in [0.5, 0.6) is 0 Å². The molecule has 0 saturated carbocycles. The van der Waals surface area contributed by atoms with Crippen LogP contribution in [0.15, 0.2) is 221 Å². The molecule has 0 aliphatic heterocycles. The smallest absolute Gasteiger partial charge is 0.160 e. The van der Waals surface area contributed by atoms with E-state index in [-0.39, 0.29) is 0 Å². The standard InChI is InChI=1S/C54H35NO2/c1-3-11-36(12-4-1)38-23-28-43(29-24-38)55(44-30-25-39(26-31-44)37-13-5-2-6-14-37)49-33-32-45(53-47-16-8-10-18-51(47)57-54(49)53)41-21-19-40(20-22-41)42-27-34-52-48(35-42)46-15-7-9-17-50(46)56-52/h1-35H. The Morgan fingerprint density at radius 2 is 0.754 bits per heavy atom. The van der Waals surface area contributed by atoms with Crippen molar-refractivity contribution < 1.29 is 8.83 Å². The molecule has 268 valence electrons. The molecule has 0 aliphatic carbocycles. The third-order valence-electron chi connectivity index (χ3n) is 11.1. The molecule has 0 spiro atoms. The van der Waals surface area contributed by atoms with Crippen molar-refractivity contribution in [2.45, 2.75) is 0 Å². The molecule has 2 heterocycles. The lowest BCUT2D eigenvalue weighted by molar-refractivity contribution is 0.668. The molecule has 0 amide bonds. The van der Waals surface area contributed by atoms with E-state index in [9.17, 15) is 0 Å². The number of nitrogens with zero attached hydrogens (tertiary/aromatic N) is 1. The van der Waals surface area contributed by atoms with Gasteiger partial charge in [0.2, 0.25) is 0 Å². The summed E-state index contributed by atoms with van der Waals surface area (Å²) in [6.07, 6.45) is 0. The maximum atomic E-state index is 6.87. The van der Waals surface area contributed by atoms with Crippen LogP contribution < -0.4 is 4.90 Å². The zero-order valence-corrected chi connectivity index (χ0v) is 31.0. The Morgan fingerprint density at radius 1 is 0.298 bits per heavy atom. The fourth-order valence-electron chi connectivity index (χ4n) is 8.27. The first kappa shape index (κ1) is 32.8. The Hall–Kier alpha value is -7.62. The SMILES string of the molecule is c1ccc(-c2ccc(N(c3ccc(-c4ccccc4)cc3)c3ccc(-c4ccc(-c5ccc6oc7ccccc7c6c5)cc4)c4c3oc3ccccc34)cc2)cc1. The van der Waals surface area contributed by atoms with Crippen LogP contribution in [0.2, 0.25) is 0 Å². The predicted octanol–water partition coefficient (Wildman–Crippen LogP) is 15.6. The summed E-state index contributed by atoms with van der Waals surface area (Å²) in [7, 11) is 0. The van der Waals surface area contributed by atoms with Crippen LogP contribution in [0.1, 0.15) is 0 Å². The fourth-order valence-corrected chi connectivity index (χ4v) is 8.27. The summed E-state index contributed by atoms with van der Waals surface area (Å²) >= 11 is 0. The van der Waals surface area contributed by atoms with E-state index in [4.69, 9.17) is 8.83 Å². The minimum Gasteiger partial charge on any atom is -0.456 e.